The minimum absolute atomic E-state index is 0.403. The fraction of sp³-hybridized carbons (Fsp3) is 0. The summed E-state index contributed by atoms with van der Waals surface area (Å²) in [6.07, 6.45) is 3.39. The lowest BCUT2D eigenvalue weighted by Crippen LogP contribution is -2.12. The van der Waals surface area contributed by atoms with Gasteiger partial charge in [-0.1, -0.05) is 53.7 Å². The summed E-state index contributed by atoms with van der Waals surface area (Å²) in [5.41, 5.74) is 8.10. The molecule has 1 amide bonds. The van der Waals surface area contributed by atoms with Gasteiger partial charge in [0.1, 0.15) is 5.69 Å². The van der Waals surface area contributed by atoms with Crippen LogP contribution in [0.15, 0.2) is 66.9 Å². The molecule has 0 saturated carbocycles. The summed E-state index contributed by atoms with van der Waals surface area (Å²) < 4.78 is 1.65. The number of carbonyl (C=O) groups excluding carboxylic acids is 1. The van der Waals surface area contributed by atoms with Gasteiger partial charge in [0.15, 0.2) is 0 Å². The number of aromatic nitrogens is 3. The van der Waals surface area contributed by atoms with E-state index in [0.717, 1.165) is 11.3 Å². The molecule has 0 unspecified atom stereocenters. The Morgan fingerprint density at radius 2 is 1.64 bits per heavy atom. The number of hydrogen-bond donors (Lipinski definition) is 1. The number of amides is 1. The third-order valence-electron chi connectivity index (χ3n) is 3.17. The van der Waals surface area contributed by atoms with Crippen molar-refractivity contribution in [1.29, 1.82) is 0 Å². The number of nitrogens with zero attached hydrogens (tertiary/aromatic N) is 3. The van der Waals surface area contributed by atoms with E-state index in [2.05, 4.69) is 10.3 Å². The third-order valence-corrected chi connectivity index (χ3v) is 3.17. The molecule has 0 saturated heterocycles. The van der Waals surface area contributed by atoms with Gasteiger partial charge in [-0.05, 0) is 23.8 Å². The smallest absolute Gasteiger partial charge is 0.249 e. The van der Waals surface area contributed by atoms with Crippen LogP contribution in [0.25, 0.3) is 17.3 Å². The lowest BCUT2D eigenvalue weighted by molar-refractivity contribution is -0.112. The highest BCUT2D eigenvalue weighted by Gasteiger charge is 2.09. The zero-order chi connectivity index (χ0) is 15.4. The molecule has 0 radical (unpaired) electrons. The van der Waals surface area contributed by atoms with E-state index < -0.39 is 5.91 Å². The largest absolute Gasteiger partial charge is 0.366 e. The Bertz CT molecular complexity index is 807. The van der Waals surface area contributed by atoms with Gasteiger partial charge in [-0.3, -0.25) is 4.79 Å². The van der Waals surface area contributed by atoms with Crippen LogP contribution >= 0.6 is 0 Å². The summed E-state index contributed by atoms with van der Waals surface area (Å²) in [6, 6.07) is 18.9. The standard InChI is InChI=1S/C17H14N4O/c18-17(22)16(13-7-3-1-4-8-13)11-14-12-21(20-19-14)15-9-5-2-6-10-15/h1-12H,(H2,18,22). The van der Waals surface area contributed by atoms with Crippen LogP contribution < -0.4 is 5.73 Å². The van der Waals surface area contributed by atoms with Gasteiger partial charge in [-0.2, -0.15) is 0 Å². The first-order valence-corrected chi connectivity index (χ1v) is 6.79. The van der Waals surface area contributed by atoms with Gasteiger partial charge >= 0.3 is 0 Å². The van der Waals surface area contributed by atoms with Crippen LogP contribution in [-0.2, 0) is 4.79 Å². The van der Waals surface area contributed by atoms with Gasteiger partial charge in [0.05, 0.1) is 11.9 Å². The average Bonchev–Trinajstić information content (AvgIpc) is 3.03. The monoisotopic (exact) mass is 290 g/mol. The van der Waals surface area contributed by atoms with Crippen molar-refractivity contribution in [1.82, 2.24) is 15.0 Å². The van der Waals surface area contributed by atoms with Crippen molar-refractivity contribution in [3.05, 3.63) is 78.1 Å². The molecular weight excluding hydrogens is 276 g/mol. The number of benzene rings is 2. The Morgan fingerprint density at radius 3 is 2.27 bits per heavy atom. The number of carbonyl (C=O) groups is 1. The first-order chi connectivity index (χ1) is 10.7. The Balaban J connectivity index is 1.97. The zero-order valence-electron chi connectivity index (χ0n) is 11.8. The van der Waals surface area contributed by atoms with E-state index in [1.165, 1.54) is 0 Å². The van der Waals surface area contributed by atoms with Crippen molar-refractivity contribution in [3.8, 4) is 5.69 Å². The second kappa shape index (κ2) is 6.05. The lowest BCUT2D eigenvalue weighted by Gasteiger charge is -2.02. The molecule has 5 nitrogen and oxygen atoms in total. The molecule has 108 valence electrons. The molecule has 2 N–H and O–H groups in total. The molecule has 0 aliphatic heterocycles. The maximum absolute atomic E-state index is 11.7. The van der Waals surface area contributed by atoms with E-state index in [-0.39, 0.29) is 0 Å². The van der Waals surface area contributed by atoms with Gasteiger partial charge < -0.3 is 5.73 Å². The second-order valence-corrected chi connectivity index (χ2v) is 4.71. The normalized spacial score (nSPS) is 11.4. The van der Waals surface area contributed by atoms with E-state index in [4.69, 9.17) is 5.73 Å². The van der Waals surface area contributed by atoms with Crippen LogP contribution in [0, 0.1) is 0 Å². The third kappa shape index (κ3) is 2.93. The molecule has 0 fully saturated rings. The molecule has 0 atom stereocenters. The van der Waals surface area contributed by atoms with Gasteiger partial charge in [-0.15, -0.1) is 5.10 Å². The van der Waals surface area contributed by atoms with Crippen LogP contribution in [0.3, 0.4) is 0 Å². The Hall–Kier alpha value is -3.21. The highest BCUT2D eigenvalue weighted by atomic mass is 16.1. The predicted octanol–water partition coefficient (Wildman–Crippen LogP) is 2.29. The van der Waals surface area contributed by atoms with Crippen LogP contribution in [-0.4, -0.2) is 20.9 Å². The Labute approximate surface area is 127 Å². The molecule has 1 heterocycles. The zero-order valence-corrected chi connectivity index (χ0v) is 11.8. The van der Waals surface area contributed by atoms with Crippen molar-refractivity contribution < 1.29 is 4.79 Å². The SMILES string of the molecule is NC(=O)C(=Cc1cn(-c2ccccc2)nn1)c1ccccc1. The maximum atomic E-state index is 11.7. The lowest BCUT2D eigenvalue weighted by atomic mass is 10.0. The molecule has 22 heavy (non-hydrogen) atoms. The number of nitrogens with two attached hydrogens (primary N) is 1. The fourth-order valence-corrected chi connectivity index (χ4v) is 2.11. The first kappa shape index (κ1) is 13.8. The average molecular weight is 290 g/mol. The summed E-state index contributed by atoms with van der Waals surface area (Å²) in [4.78, 5) is 11.7. The van der Waals surface area contributed by atoms with Crippen LogP contribution in [0.4, 0.5) is 0 Å². The fourth-order valence-electron chi connectivity index (χ4n) is 2.11. The molecule has 2 aromatic carbocycles. The minimum atomic E-state index is -0.500. The summed E-state index contributed by atoms with van der Waals surface area (Å²) in [6.45, 7) is 0. The van der Waals surface area contributed by atoms with Crippen molar-refractivity contribution in [2.45, 2.75) is 0 Å². The predicted molar refractivity (Wildman–Crippen MR) is 84.9 cm³/mol. The number of hydrogen-bond acceptors (Lipinski definition) is 3. The molecule has 1 aromatic heterocycles. The van der Waals surface area contributed by atoms with E-state index in [1.807, 2.05) is 60.7 Å². The highest BCUT2D eigenvalue weighted by molar-refractivity contribution is 6.23. The number of para-hydroxylation sites is 1. The first-order valence-electron chi connectivity index (χ1n) is 6.79. The van der Waals surface area contributed by atoms with E-state index in [1.54, 1.807) is 17.0 Å². The molecule has 3 aromatic rings. The van der Waals surface area contributed by atoms with Gasteiger partial charge in [-0.25, -0.2) is 4.68 Å². The molecule has 5 heteroatoms. The van der Waals surface area contributed by atoms with Gasteiger partial charge in [0.2, 0.25) is 5.91 Å². The van der Waals surface area contributed by atoms with Crippen molar-refractivity contribution in [3.63, 3.8) is 0 Å². The number of primary amides is 1. The van der Waals surface area contributed by atoms with Gasteiger partial charge in [0, 0.05) is 5.57 Å². The molecule has 0 aliphatic carbocycles. The minimum Gasteiger partial charge on any atom is -0.366 e. The summed E-state index contributed by atoms with van der Waals surface area (Å²) in [5.74, 6) is -0.500. The summed E-state index contributed by atoms with van der Waals surface area (Å²) in [5, 5.41) is 8.13. The molecule has 0 aliphatic rings. The van der Waals surface area contributed by atoms with E-state index in [0.29, 0.717) is 11.3 Å². The van der Waals surface area contributed by atoms with Crippen LogP contribution in [0.1, 0.15) is 11.3 Å². The topological polar surface area (TPSA) is 73.8 Å². The second-order valence-electron chi connectivity index (χ2n) is 4.71. The molecular formula is C17H14N4O. The van der Waals surface area contributed by atoms with Crippen molar-refractivity contribution in [2.24, 2.45) is 5.73 Å². The van der Waals surface area contributed by atoms with Crippen LogP contribution in [0.5, 0.6) is 0 Å². The van der Waals surface area contributed by atoms with E-state index >= 15 is 0 Å². The molecule has 0 bridgehead atoms. The van der Waals surface area contributed by atoms with Crippen LogP contribution in [0.2, 0.25) is 0 Å². The Morgan fingerprint density at radius 1 is 1.00 bits per heavy atom. The summed E-state index contributed by atoms with van der Waals surface area (Å²) >= 11 is 0. The van der Waals surface area contributed by atoms with Gasteiger partial charge in [0.25, 0.3) is 0 Å². The quantitative estimate of drug-likeness (QED) is 0.749. The molecule has 3 rings (SSSR count). The Kier molecular flexibility index (Phi) is 3.78. The molecule has 0 spiro atoms. The van der Waals surface area contributed by atoms with E-state index in [9.17, 15) is 4.79 Å². The van der Waals surface area contributed by atoms with Crippen molar-refractivity contribution in [2.75, 3.05) is 0 Å². The summed E-state index contributed by atoms with van der Waals surface area (Å²) in [7, 11) is 0. The highest BCUT2D eigenvalue weighted by Crippen LogP contribution is 2.17. The van der Waals surface area contributed by atoms with Crippen molar-refractivity contribution >= 4 is 17.6 Å². The maximum Gasteiger partial charge on any atom is 0.249 e. The number of rotatable bonds is 4.